The summed E-state index contributed by atoms with van der Waals surface area (Å²) in [7, 11) is -4.08. The molecule has 2 atom stereocenters. The number of alkyl halides is 1. The van der Waals surface area contributed by atoms with E-state index in [0.717, 1.165) is 6.07 Å². The summed E-state index contributed by atoms with van der Waals surface area (Å²) in [6.45, 7) is 0.371. The number of rotatable bonds is 8. The van der Waals surface area contributed by atoms with Crippen molar-refractivity contribution >= 4 is 27.1 Å². The Morgan fingerprint density at radius 2 is 1.94 bits per heavy atom. The second-order valence-electron chi connectivity index (χ2n) is 6.91. The highest BCUT2D eigenvalue weighted by Gasteiger charge is 2.25. The van der Waals surface area contributed by atoms with Gasteiger partial charge in [0.2, 0.25) is 15.7 Å². The molecule has 2 unspecified atom stereocenters. The lowest BCUT2D eigenvalue weighted by Gasteiger charge is -2.24. The second kappa shape index (κ2) is 9.37. The predicted octanol–water partition coefficient (Wildman–Crippen LogP) is 2.59. The number of hydrogen-bond donors (Lipinski definition) is 2. The molecule has 0 saturated carbocycles. The number of ether oxygens (including phenoxy) is 1. The Morgan fingerprint density at radius 3 is 2.55 bits per heavy atom. The maximum absolute atomic E-state index is 13.2. The lowest BCUT2D eigenvalue weighted by molar-refractivity contribution is -0.384. The molecule has 1 heterocycles. The first kappa shape index (κ1) is 22.6. The maximum Gasteiger partial charge on any atom is 0.295 e. The molecule has 1 amide bonds. The number of primary amides is 1. The number of nitrogens with one attached hydrogen (secondary N) is 1. The molecule has 12 heteroatoms. The second-order valence-corrected chi connectivity index (χ2v) is 8.86. The van der Waals surface area contributed by atoms with Crippen LogP contribution in [0.4, 0.5) is 15.8 Å². The molecule has 0 spiro atoms. The Labute approximate surface area is 177 Å². The summed E-state index contributed by atoms with van der Waals surface area (Å²) in [6, 6.07) is 8.23. The zero-order valence-corrected chi connectivity index (χ0v) is 17.0. The predicted molar refractivity (Wildman–Crippen MR) is 107 cm³/mol. The van der Waals surface area contributed by atoms with Gasteiger partial charge in [0.1, 0.15) is 5.69 Å². The molecule has 0 aromatic heterocycles. The summed E-state index contributed by atoms with van der Waals surface area (Å²) in [5.74, 6) is -0.823. The molecule has 31 heavy (non-hydrogen) atoms. The van der Waals surface area contributed by atoms with Crippen LogP contribution in [0.3, 0.4) is 0 Å². The highest BCUT2D eigenvalue weighted by molar-refractivity contribution is 7.91. The summed E-state index contributed by atoms with van der Waals surface area (Å²) >= 11 is 0. The molecule has 0 aliphatic carbocycles. The van der Waals surface area contributed by atoms with Crippen LogP contribution in [0.1, 0.15) is 23.2 Å². The van der Waals surface area contributed by atoms with Crippen LogP contribution >= 0.6 is 0 Å². The van der Waals surface area contributed by atoms with Crippen LogP contribution in [-0.2, 0) is 19.4 Å². The van der Waals surface area contributed by atoms with E-state index in [1.807, 2.05) is 0 Å². The quantitative estimate of drug-likeness (QED) is 0.457. The van der Waals surface area contributed by atoms with Crippen molar-refractivity contribution in [3.05, 3.63) is 58.1 Å². The number of nitro groups is 1. The molecule has 3 rings (SSSR count). The van der Waals surface area contributed by atoms with Gasteiger partial charge in [-0.2, -0.15) is 0 Å². The van der Waals surface area contributed by atoms with Crippen LogP contribution in [0.2, 0.25) is 0 Å². The van der Waals surface area contributed by atoms with Crippen LogP contribution < -0.4 is 11.2 Å². The standard InChI is InChI=1S/C19H20FN3O7S/c20-18-9-12(7-8-29-18)11-30-22-16-6-5-15(10-17(16)23(25)26)31(27,28)14-3-1-13(2-4-14)19(21)24/h1-6,10,12,18,22H,7-9,11H2,(H2,21,24). The molecular formula is C19H20FN3O7S. The number of nitrogens with two attached hydrogens (primary N) is 1. The summed E-state index contributed by atoms with van der Waals surface area (Å²) in [4.78, 5) is 26.7. The van der Waals surface area contributed by atoms with E-state index in [-0.39, 0.29) is 46.6 Å². The van der Waals surface area contributed by atoms with Crippen molar-refractivity contribution in [3.8, 4) is 0 Å². The molecule has 1 saturated heterocycles. The lowest BCUT2D eigenvalue weighted by Crippen LogP contribution is -2.26. The van der Waals surface area contributed by atoms with Gasteiger partial charge < -0.3 is 10.5 Å². The number of carbonyl (C=O) groups excluding carboxylic acids is 1. The first-order valence-corrected chi connectivity index (χ1v) is 10.7. The zero-order chi connectivity index (χ0) is 22.6. The fourth-order valence-corrected chi connectivity index (χ4v) is 4.33. The summed E-state index contributed by atoms with van der Waals surface area (Å²) in [5, 5.41) is 11.5. The van der Waals surface area contributed by atoms with Gasteiger partial charge in [0, 0.05) is 18.1 Å². The molecule has 10 nitrogen and oxygen atoms in total. The van der Waals surface area contributed by atoms with Gasteiger partial charge in [-0.25, -0.2) is 12.8 Å². The molecule has 1 aliphatic rings. The van der Waals surface area contributed by atoms with Crippen molar-refractivity contribution in [1.29, 1.82) is 0 Å². The van der Waals surface area contributed by atoms with E-state index in [9.17, 15) is 27.7 Å². The van der Waals surface area contributed by atoms with E-state index >= 15 is 0 Å². The SMILES string of the molecule is NC(=O)c1ccc(S(=O)(=O)c2ccc(NOCC3CCOC(F)C3)c([N+](=O)[O-])c2)cc1. The molecule has 166 valence electrons. The first-order chi connectivity index (χ1) is 14.7. The van der Waals surface area contributed by atoms with Gasteiger partial charge in [0.15, 0.2) is 6.36 Å². The topological polar surface area (TPSA) is 151 Å². The molecule has 0 radical (unpaired) electrons. The number of amides is 1. The minimum absolute atomic E-state index is 0.0446. The third-order valence-electron chi connectivity index (χ3n) is 4.77. The number of carbonyl (C=O) groups is 1. The van der Waals surface area contributed by atoms with Gasteiger partial charge in [-0.3, -0.25) is 25.2 Å². The molecule has 2 aromatic carbocycles. The van der Waals surface area contributed by atoms with E-state index < -0.39 is 32.7 Å². The van der Waals surface area contributed by atoms with Crippen molar-refractivity contribution in [3.63, 3.8) is 0 Å². The monoisotopic (exact) mass is 453 g/mol. The van der Waals surface area contributed by atoms with Crippen molar-refractivity contribution in [2.45, 2.75) is 29.0 Å². The van der Waals surface area contributed by atoms with E-state index in [2.05, 4.69) is 5.48 Å². The van der Waals surface area contributed by atoms with Crippen LogP contribution in [0.25, 0.3) is 0 Å². The molecule has 1 aliphatic heterocycles. The fourth-order valence-electron chi connectivity index (χ4n) is 3.05. The maximum atomic E-state index is 13.2. The molecule has 1 fully saturated rings. The van der Waals surface area contributed by atoms with Gasteiger partial charge in [-0.1, -0.05) is 0 Å². The van der Waals surface area contributed by atoms with Gasteiger partial charge >= 0.3 is 0 Å². The van der Waals surface area contributed by atoms with Crippen LogP contribution in [0.15, 0.2) is 52.3 Å². The van der Waals surface area contributed by atoms with E-state index in [0.29, 0.717) is 6.42 Å². The Hall–Kier alpha value is -3.09. The summed E-state index contributed by atoms with van der Waals surface area (Å²) < 4.78 is 43.7. The normalized spacial score (nSPS) is 19.0. The Balaban J connectivity index is 1.77. The van der Waals surface area contributed by atoms with Crippen LogP contribution in [0, 0.1) is 16.0 Å². The van der Waals surface area contributed by atoms with E-state index in [4.69, 9.17) is 15.3 Å². The smallest absolute Gasteiger partial charge is 0.295 e. The molecule has 0 bridgehead atoms. The Morgan fingerprint density at radius 1 is 1.26 bits per heavy atom. The molecule has 2 aromatic rings. The lowest BCUT2D eigenvalue weighted by atomic mass is 10.0. The van der Waals surface area contributed by atoms with Crippen molar-refractivity contribution in [2.24, 2.45) is 11.7 Å². The minimum Gasteiger partial charge on any atom is -0.366 e. The van der Waals surface area contributed by atoms with Crippen molar-refractivity contribution in [2.75, 3.05) is 18.7 Å². The number of benzene rings is 2. The van der Waals surface area contributed by atoms with E-state index in [1.165, 1.54) is 36.4 Å². The zero-order valence-electron chi connectivity index (χ0n) is 16.2. The van der Waals surface area contributed by atoms with Crippen LogP contribution in [0.5, 0.6) is 0 Å². The third-order valence-corrected chi connectivity index (χ3v) is 6.54. The van der Waals surface area contributed by atoms with Gasteiger partial charge in [-0.15, -0.1) is 0 Å². The highest BCUT2D eigenvalue weighted by atomic mass is 32.2. The van der Waals surface area contributed by atoms with Crippen molar-refractivity contribution < 1.29 is 32.1 Å². The number of nitrogens with zero attached hydrogens (tertiary/aromatic N) is 1. The van der Waals surface area contributed by atoms with Gasteiger partial charge in [0.05, 0.1) is 27.9 Å². The molecule has 3 N–H and O–H groups in total. The van der Waals surface area contributed by atoms with E-state index in [1.54, 1.807) is 0 Å². The Kier molecular flexibility index (Phi) is 6.83. The largest absolute Gasteiger partial charge is 0.366 e. The fraction of sp³-hybridized carbons (Fsp3) is 0.316. The van der Waals surface area contributed by atoms with Gasteiger partial charge in [0.25, 0.3) is 5.69 Å². The average molecular weight is 453 g/mol. The van der Waals surface area contributed by atoms with Crippen LogP contribution in [-0.4, -0.2) is 38.8 Å². The first-order valence-electron chi connectivity index (χ1n) is 9.25. The number of halogens is 1. The Bertz CT molecular complexity index is 1080. The number of hydrogen-bond acceptors (Lipinski definition) is 8. The minimum atomic E-state index is -4.08. The van der Waals surface area contributed by atoms with Gasteiger partial charge in [-0.05, 0) is 48.7 Å². The number of nitro benzene ring substituents is 1. The number of sulfone groups is 1. The summed E-state index contributed by atoms with van der Waals surface area (Å²) in [6.07, 6.45) is -0.607. The van der Waals surface area contributed by atoms with Crippen molar-refractivity contribution in [1.82, 2.24) is 0 Å². The highest BCUT2D eigenvalue weighted by Crippen LogP contribution is 2.31. The third kappa shape index (κ3) is 5.34. The molecular weight excluding hydrogens is 433 g/mol. The number of anilines is 1. The summed E-state index contributed by atoms with van der Waals surface area (Å²) in [5.41, 5.74) is 7.16. The average Bonchev–Trinajstić information content (AvgIpc) is 2.74.